The summed E-state index contributed by atoms with van der Waals surface area (Å²) < 4.78 is 11.1. The number of primary amides is 1. The summed E-state index contributed by atoms with van der Waals surface area (Å²) in [6.45, 7) is 13.7. The molecule has 13 nitrogen and oxygen atoms in total. The van der Waals surface area contributed by atoms with Crippen LogP contribution >= 0.6 is 0 Å². The number of anilines is 1. The van der Waals surface area contributed by atoms with Gasteiger partial charge in [0.1, 0.15) is 18.7 Å². The fourth-order valence-electron chi connectivity index (χ4n) is 4.36. The van der Waals surface area contributed by atoms with E-state index in [0.29, 0.717) is 38.0 Å². The topological polar surface area (TPSA) is 204 Å². The quantitative estimate of drug-likeness (QED) is 0.0860. The minimum absolute atomic E-state index is 0.106. The van der Waals surface area contributed by atoms with Gasteiger partial charge >= 0.3 is 12.0 Å². The molecule has 46 heavy (non-hydrogen) atoms. The maximum absolute atomic E-state index is 13.4. The molecule has 4 atom stereocenters. The number of nitrogens with one attached hydrogen (secondary N) is 4. The lowest BCUT2D eigenvalue weighted by Gasteiger charge is -2.31. The van der Waals surface area contributed by atoms with E-state index in [1.807, 2.05) is 41.5 Å². The molecular weight excluding hydrogens is 592 g/mol. The molecule has 13 heteroatoms. The molecule has 0 aliphatic rings. The minimum atomic E-state index is -0.964. The van der Waals surface area contributed by atoms with E-state index >= 15 is 0 Å². The summed E-state index contributed by atoms with van der Waals surface area (Å²) in [6, 6.07) is 4.20. The van der Waals surface area contributed by atoms with E-state index in [9.17, 15) is 24.0 Å². The third-order valence-electron chi connectivity index (χ3n) is 8.09. The molecule has 0 saturated carbocycles. The molecule has 0 aliphatic carbocycles. The van der Waals surface area contributed by atoms with E-state index in [-0.39, 0.29) is 43.4 Å². The van der Waals surface area contributed by atoms with Gasteiger partial charge in [-0.25, -0.2) is 4.79 Å². The number of nitrogens with two attached hydrogens (primary N) is 2. The largest absolute Gasteiger partial charge is 0.461 e. The maximum atomic E-state index is 13.4. The second-order valence-corrected chi connectivity index (χ2v) is 12.7. The average molecular weight is 649 g/mol. The number of carbonyl (C=O) groups excluding carboxylic acids is 5. The smallest absolute Gasteiger partial charge is 0.312 e. The lowest BCUT2D eigenvalue weighted by molar-refractivity contribution is -0.142. The number of carbonyl (C=O) groups is 5. The molecule has 260 valence electrons. The van der Waals surface area contributed by atoms with Crippen molar-refractivity contribution in [1.29, 1.82) is 0 Å². The first kappa shape index (κ1) is 40.3. The lowest BCUT2D eigenvalue weighted by atomic mass is 9.94. The number of benzene rings is 1. The van der Waals surface area contributed by atoms with Crippen molar-refractivity contribution in [3.8, 4) is 0 Å². The first-order valence-electron chi connectivity index (χ1n) is 16.1. The molecule has 1 aromatic rings. The number of amides is 5. The molecule has 1 aromatic carbocycles. The molecule has 5 amide bonds. The standard InChI is InChI=1S/C33H56N6O7/c1-8-32(6,35)18-20-46-33(7,9-2)17-16-27(41)39-28(22(3)4)30(43)38-26(11-10-19-36-31(34)44)29(42)37-25-14-12-24(13-15-25)21-45-23(5)40/h12-15,22,26,28H,8-11,16-21,35H2,1-7H3,(H,37,42)(H,38,43)(H,39,41)(H3,34,36,44)/t26-,28-,32?,33?/m0/s1. The molecule has 0 aromatic heterocycles. The summed E-state index contributed by atoms with van der Waals surface area (Å²) in [5.41, 5.74) is 11.8. The van der Waals surface area contributed by atoms with E-state index in [2.05, 4.69) is 21.3 Å². The minimum Gasteiger partial charge on any atom is -0.461 e. The van der Waals surface area contributed by atoms with Crippen LogP contribution in [-0.4, -0.2) is 66.1 Å². The fraction of sp³-hybridized carbons (Fsp3) is 0.667. The van der Waals surface area contributed by atoms with Crippen LogP contribution in [0.1, 0.15) is 99.0 Å². The van der Waals surface area contributed by atoms with Crippen molar-refractivity contribution >= 4 is 35.4 Å². The number of ether oxygens (including phenoxy) is 2. The Morgan fingerprint density at radius 3 is 2.13 bits per heavy atom. The Bertz CT molecular complexity index is 1140. The highest BCUT2D eigenvalue weighted by Gasteiger charge is 2.30. The van der Waals surface area contributed by atoms with Gasteiger partial charge in [-0.2, -0.15) is 0 Å². The van der Waals surface area contributed by atoms with Gasteiger partial charge in [0.05, 0.1) is 5.60 Å². The highest BCUT2D eigenvalue weighted by atomic mass is 16.5. The van der Waals surface area contributed by atoms with Crippen molar-refractivity contribution in [1.82, 2.24) is 16.0 Å². The van der Waals surface area contributed by atoms with Crippen LogP contribution in [0.2, 0.25) is 0 Å². The highest BCUT2D eigenvalue weighted by Crippen LogP contribution is 2.24. The predicted octanol–water partition coefficient (Wildman–Crippen LogP) is 3.25. The van der Waals surface area contributed by atoms with Crippen LogP contribution in [0.4, 0.5) is 10.5 Å². The first-order valence-corrected chi connectivity index (χ1v) is 16.1. The summed E-state index contributed by atoms with van der Waals surface area (Å²) in [5, 5.41) is 10.9. The number of rotatable bonds is 21. The summed E-state index contributed by atoms with van der Waals surface area (Å²) in [4.78, 5) is 61.9. The third-order valence-corrected chi connectivity index (χ3v) is 8.09. The number of hydrogen-bond donors (Lipinski definition) is 6. The zero-order chi connectivity index (χ0) is 34.9. The van der Waals surface area contributed by atoms with Crippen molar-refractivity contribution in [2.75, 3.05) is 18.5 Å². The molecule has 0 heterocycles. The fourth-order valence-corrected chi connectivity index (χ4v) is 4.36. The Kier molecular flexibility index (Phi) is 17.3. The van der Waals surface area contributed by atoms with Crippen molar-refractivity contribution in [2.24, 2.45) is 17.4 Å². The molecule has 0 fully saturated rings. The van der Waals surface area contributed by atoms with E-state index in [0.717, 1.165) is 12.0 Å². The van der Waals surface area contributed by atoms with Gasteiger partial charge in [-0.1, -0.05) is 39.8 Å². The molecule has 0 radical (unpaired) electrons. The van der Waals surface area contributed by atoms with Gasteiger partial charge in [-0.05, 0) is 76.0 Å². The molecule has 2 unspecified atom stereocenters. The molecule has 8 N–H and O–H groups in total. The van der Waals surface area contributed by atoms with Gasteiger partial charge in [-0.15, -0.1) is 0 Å². The van der Waals surface area contributed by atoms with Gasteiger partial charge < -0.3 is 42.2 Å². The first-order chi connectivity index (χ1) is 21.5. The van der Waals surface area contributed by atoms with E-state index < -0.39 is 41.5 Å². The van der Waals surface area contributed by atoms with Crippen molar-refractivity contribution < 1.29 is 33.4 Å². The van der Waals surface area contributed by atoms with Crippen LogP contribution in [0.3, 0.4) is 0 Å². The maximum Gasteiger partial charge on any atom is 0.312 e. The Morgan fingerprint density at radius 1 is 0.935 bits per heavy atom. The second kappa shape index (κ2) is 19.7. The van der Waals surface area contributed by atoms with Gasteiger partial charge in [0.2, 0.25) is 17.7 Å². The normalized spacial score (nSPS) is 15.1. The summed E-state index contributed by atoms with van der Waals surface area (Å²) in [6.07, 6.45) is 3.43. The van der Waals surface area contributed by atoms with Crippen LogP contribution in [0, 0.1) is 5.92 Å². The molecule has 0 saturated heterocycles. The number of esters is 1. The van der Waals surface area contributed by atoms with Crippen molar-refractivity contribution in [2.45, 2.75) is 123 Å². The monoisotopic (exact) mass is 648 g/mol. The Morgan fingerprint density at radius 2 is 1.59 bits per heavy atom. The summed E-state index contributed by atoms with van der Waals surface area (Å²) in [7, 11) is 0. The lowest BCUT2D eigenvalue weighted by Crippen LogP contribution is -2.54. The van der Waals surface area contributed by atoms with Crippen molar-refractivity contribution in [3.05, 3.63) is 29.8 Å². The Labute approximate surface area is 273 Å². The van der Waals surface area contributed by atoms with Gasteiger partial charge in [0.15, 0.2) is 0 Å². The van der Waals surface area contributed by atoms with Crippen molar-refractivity contribution in [3.63, 3.8) is 0 Å². The van der Waals surface area contributed by atoms with Crippen LogP contribution in [0.5, 0.6) is 0 Å². The Hall–Kier alpha value is -3.71. The number of hydrogen-bond acceptors (Lipinski definition) is 8. The predicted molar refractivity (Wildman–Crippen MR) is 177 cm³/mol. The zero-order valence-electron chi connectivity index (χ0n) is 28.6. The Balaban J connectivity index is 2.90. The van der Waals surface area contributed by atoms with Gasteiger partial charge in [-0.3, -0.25) is 19.2 Å². The van der Waals surface area contributed by atoms with Gasteiger partial charge in [0.25, 0.3) is 0 Å². The molecule has 0 aliphatic heterocycles. The molecule has 0 spiro atoms. The molecular formula is C33H56N6O7. The highest BCUT2D eigenvalue weighted by molar-refractivity contribution is 5.98. The van der Waals surface area contributed by atoms with Crippen LogP contribution in [0.15, 0.2) is 24.3 Å². The van der Waals surface area contributed by atoms with Gasteiger partial charge in [0, 0.05) is 37.7 Å². The van der Waals surface area contributed by atoms with E-state index in [1.165, 1.54) is 6.92 Å². The van der Waals surface area contributed by atoms with Crippen LogP contribution < -0.4 is 32.7 Å². The number of urea groups is 1. The molecule has 1 rings (SSSR count). The SMILES string of the molecule is CCC(C)(N)CCOC(C)(CC)CCC(=O)N[C@H](C(=O)N[C@@H](CCCNC(N)=O)C(=O)Nc1ccc(COC(C)=O)cc1)C(C)C. The van der Waals surface area contributed by atoms with E-state index in [4.69, 9.17) is 20.9 Å². The molecule has 0 bridgehead atoms. The third kappa shape index (κ3) is 16.0. The summed E-state index contributed by atoms with van der Waals surface area (Å²) in [5.74, 6) is -1.93. The second-order valence-electron chi connectivity index (χ2n) is 12.7. The zero-order valence-corrected chi connectivity index (χ0v) is 28.6. The average Bonchev–Trinajstić information content (AvgIpc) is 2.99. The summed E-state index contributed by atoms with van der Waals surface area (Å²) >= 11 is 0. The van der Waals surface area contributed by atoms with Crippen LogP contribution in [0.25, 0.3) is 0 Å². The van der Waals surface area contributed by atoms with E-state index in [1.54, 1.807) is 24.3 Å². The van der Waals surface area contributed by atoms with Crippen LogP contribution in [-0.2, 0) is 35.3 Å².